The third kappa shape index (κ3) is 10.6. The molecular formula is C20H42KN3. The van der Waals surface area contributed by atoms with E-state index in [4.69, 9.17) is 0 Å². The predicted molar refractivity (Wildman–Crippen MR) is 103 cm³/mol. The fraction of sp³-hybridized carbons (Fsp3) is 1.00. The summed E-state index contributed by atoms with van der Waals surface area (Å²) >= 11 is 0. The van der Waals surface area contributed by atoms with E-state index >= 15 is 0 Å². The van der Waals surface area contributed by atoms with E-state index in [9.17, 15) is 0 Å². The van der Waals surface area contributed by atoms with Crippen LogP contribution in [0.5, 0.6) is 0 Å². The van der Waals surface area contributed by atoms with Gasteiger partial charge in [0.1, 0.15) is 0 Å². The molecule has 0 N–H and O–H groups in total. The van der Waals surface area contributed by atoms with Gasteiger partial charge in [-0.05, 0) is 85.0 Å². The SMILES string of the molecule is C[N-]CCN(C)C(C)CCC(C)CCC1CCN(C(C)C)CC1.[K+]. The van der Waals surface area contributed by atoms with Crippen LogP contribution in [-0.2, 0) is 0 Å². The Labute approximate surface area is 195 Å². The standard InChI is InChI=1S/C20H42N3.K/c1-17(2)23-14-11-20(12-15-23)10-8-18(3)7-9-19(4)22(6)16-13-21-5;/h17-20H,7-16H2,1-6H3;/q-1;+1. The van der Waals surface area contributed by atoms with Gasteiger partial charge in [0.05, 0.1) is 0 Å². The molecule has 1 aliphatic rings. The number of nitrogens with zero attached hydrogens (tertiary/aromatic N) is 3. The molecule has 3 nitrogen and oxygen atoms in total. The van der Waals surface area contributed by atoms with E-state index in [0.717, 1.165) is 31.0 Å². The monoisotopic (exact) mass is 363 g/mol. The van der Waals surface area contributed by atoms with Crippen LogP contribution in [0.15, 0.2) is 0 Å². The first-order chi connectivity index (χ1) is 10.9. The summed E-state index contributed by atoms with van der Waals surface area (Å²) in [4.78, 5) is 5.10. The minimum atomic E-state index is 0. The van der Waals surface area contributed by atoms with Crippen LogP contribution in [0.4, 0.5) is 0 Å². The Morgan fingerprint density at radius 3 is 2.21 bits per heavy atom. The molecule has 0 amide bonds. The van der Waals surface area contributed by atoms with Gasteiger partial charge in [-0.25, -0.2) is 0 Å². The van der Waals surface area contributed by atoms with Crippen molar-refractivity contribution in [3.63, 3.8) is 0 Å². The van der Waals surface area contributed by atoms with Crippen molar-refractivity contribution in [2.45, 2.75) is 78.3 Å². The van der Waals surface area contributed by atoms with Crippen LogP contribution < -0.4 is 51.4 Å². The number of piperidine rings is 1. The maximum atomic E-state index is 4.21. The molecule has 2 atom stereocenters. The van der Waals surface area contributed by atoms with Crippen LogP contribution in [0.1, 0.15) is 66.2 Å². The summed E-state index contributed by atoms with van der Waals surface area (Å²) in [6.45, 7) is 14.2. The molecule has 1 rings (SSSR count). The molecular weight excluding hydrogens is 321 g/mol. The summed E-state index contributed by atoms with van der Waals surface area (Å²) in [5.74, 6) is 1.86. The summed E-state index contributed by atoms with van der Waals surface area (Å²) in [5, 5.41) is 4.21. The van der Waals surface area contributed by atoms with Gasteiger partial charge in [0.15, 0.2) is 0 Å². The Kier molecular flexibility index (Phi) is 15.5. The quantitative estimate of drug-likeness (QED) is 0.520. The first kappa shape index (κ1) is 25.5. The van der Waals surface area contributed by atoms with Gasteiger partial charge in [-0.15, -0.1) is 6.54 Å². The zero-order valence-corrected chi connectivity index (χ0v) is 20.8. The molecule has 138 valence electrons. The summed E-state index contributed by atoms with van der Waals surface area (Å²) in [6.07, 6.45) is 8.42. The van der Waals surface area contributed by atoms with Gasteiger partial charge in [0.2, 0.25) is 0 Å². The molecule has 1 saturated heterocycles. The fourth-order valence-corrected chi connectivity index (χ4v) is 3.65. The topological polar surface area (TPSA) is 20.6 Å². The van der Waals surface area contributed by atoms with Gasteiger partial charge in [0, 0.05) is 12.1 Å². The predicted octanol–water partition coefficient (Wildman–Crippen LogP) is 1.63. The zero-order valence-electron chi connectivity index (χ0n) is 17.7. The molecule has 2 unspecified atom stereocenters. The van der Waals surface area contributed by atoms with E-state index in [-0.39, 0.29) is 51.4 Å². The molecule has 0 bridgehead atoms. The number of likely N-dealkylation sites (tertiary alicyclic amines) is 1. The number of hydrogen-bond donors (Lipinski definition) is 0. The molecule has 0 aromatic heterocycles. The van der Waals surface area contributed by atoms with Gasteiger partial charge in [-0.2, -0.15) is 7.05 Å². The molecule has 1 heterocycles. The summed E-state index contributed by atoms with van der Waals surface area (Å²) in [5.41, 5.74) is 0. The molecule has 0 spiro atoms. The average molecular weight is 364 g/mol. The maximum absolute atomic E-state index is 4.21. The van der Waals surface area contributed by atoms with Gasteiger partial charge < -0.3 is 15.1 Å². The average Bonchev–Trinajstić information content (AvgIpc) is 2.55. The molecule has 1 aliphatic heterocycles. The van der Waals surface area contributed by atoms with Crippen molar-refractivity contribution in [3.05, 3.63) is 5.32 Å². The first-order valence-electron chi connectivity index (χ1n) is 9.93. The Morgan fingerprint density at radius 2 is 1.67 bits per heavy atom. The Morgan fingerprint density at radius 1 is 1.04 bits per heavy atom. The van der Waals surface area contributed by atoms with Crippen molar-refractivity contribution in [2.75, 3.05) is 40.3 Å². The van der Waals surface area contributed by atoms with Crippen LogP contribution in [0.25, 0.3) is 5.32 Å². The molecule has 24 heavy (non-hydrogen) atoms. The van der Waals surface area contributed by atoms with E-state index < -0.39 is 0 Å². The van der Waals surface area contributed by atoms with Gasteiger partial charge >= 0.3 is 51.4 Å². The minimum absolute atomic E-state index is 0. The van der Waals surface area contributed by atoms with Crippen LogP contribution in [0.2, 0.25) is 0 Å². The van der Waals surface area contributed by atoms with Crippen LogP contribution in [0, 0.1) is 11.8 Å². The van der Waals surface area contributed by atoms with Crippen molar-refractivity contribution in [1.29, 1.82) is 0 Å². The normalized spacial score (nSPS) is 19.5. The summed E-state index contributed by atoms with van der Waals surface area (Å²) < 4.78 is 0. The van der Waals surface area contributed by atoms with Crippen LogP contribution in [-0.4, -0.2) is 62.2 Å². The van der Waals surface area contributed by atoms with Crippen LogP contribution in [0.3, 0.4) is 0 Å². The second kappa shape index (κ2) is 14.6. The van der Waals surface area contributed by atoms with Gasteiger partial charge in [-0.3, -0.25) is 0 Å². The molecule has 0 aromatic carbocycles. The zero-order chi connectivity index (χ0) is 17.2. The number of likely N-dealkylation sites (N-methyl/N-ethyl adjacent to an activating group) is 2. The number of hydrogen-bond acceptors (Lipinski definition) is 2. The van der Waals surface area contributed by atoms with E-state index in [0.29, 0.717) is 6.04 Å². The second-order valence-electron chi connectivity index (χ2n) is 8.20. The maximum Gasteiger partial charge on any atom is 1.00 e. The molecule has 0 saturated carbocycles. The fourth-order valence-electron chi connectivity index (χ4n) is 3.65. The molecule has 1 fully saturated rings. The van der Waals surface area contributed by atoms with Crippen molar-refractivity contribution in [3.8, 4) is 0 Å². The van der Waals surface area contributed by atoms with E-state index in [1.54, 1.807) is 0 Å². The molecule has 0 aliphatic carbocycles. The Balaban J connectivity index is 0.00000529. The van der Waals surface area contributed by atoms with E-state index in [1.165, 1.54) is 51.6 Å². The van der Waals surface area contributed by atoms with Crippen molar-refractivity contribution in [1.82, 2.24) is 9.80 Å². The van der Waals surface area contributed by atoms with E-state index in [1.807, 2.05) is 7.05 Å². The largest absolute Gasteiger partial charge is 1.00 e. The molecule has 4 heteroatoms. The number of rotatable bonds is 11. The van der Waals surface area contributed by atoms with Crippen LogP contribution >= 0.6 is 0 Å². The van der Waals surface area contributed by atoms with E-state index in [2.05, 4.69) is 49.9 Å². The van der Waals surface area contributed by atoms with Crippen molar-refractivity contribution < 1.29 is 51.4 Å². The second-order valence-corrected chi connectivity index (χ2v) is 8.20. The third-order valence-electron chi connectivity index (χ3n) is 5.95. The Hall–Kier alpha value is 1.52. The smallest absolute Gasteiger partial charge is 0.664 e. The summed E-state index contributed by atoms with van der Waals surface area (Å²) in [7, 11) is 4.15. The van der Waals surface area contributed by atoms with Crippen molar-refractivity contribution >= 4 is 0 Å². The van der Waals surface area contributed by atoms with Gasteiger partial charge in [-0.1, -0.05) is 19.8 Å². The first-order valence-corrected chi connectivity index (χ1v) is 9.93. The van der Waals surface area contributed by atoms with Crippen molar-refractivity contribution in [2.24, 2.45) is 11.8 Å². The summed E-state index contributed by atoms with van der Waals surface area (Å²) in [6, 6.07) is 1.42. The molecule has 0 aromatic rings. The minimum Gasteiger partial charge on any atom is -0.664 e. The third-order valence-corrected chi connectivity index (χ3v) is 5.95. The molecule has 0 radical (unpaired) electrons. The Bertz CT molecular complexity index is 291. The van der Waals surface area contributed by atoms with Gasteiger partial charge in [0.25, 0.3) is 0 Å².